The number of nitrogens with one attached hydrogen (secondary N) is 2. The Labute approximate surface area is 120 Å². The van der Waals surface area contributed by atoms with Crippen LogP contribution in [0.3, 0.4) is 0 Å². The molecule has 5 nitrogen and oxygen atoms in total. The van der Waals surface area contributed by atoms with Crippen molar-refractivity contribution in [3.63, 3.8) is 0 Å². The quantitative estimate of drug-likeness (QED) is 0.891. The molecule has 2 atom stereocenters. The Morgan fingerprint density at radius 2 is 1.84 bits per heavy atom. The van der Waals surface area contributed by atoms with E-state index in [0.717, 1.165) is 16.4 Å². The summed E-state index contributed by atoms with van der Waals surface area (Å²) in [5.41, 5.74) is 0. The summed E-state index contributed by atoms with van der Waals surface area (Å²) in [5, 5.41) is 11.5. The average Bonchev–Trinajstić information content (AvgIpc) is 3.07. The van der Waals surface area contributed by atoms with E-state index in [0.29, 0.717) is 0 Å². The van der Waals surface area contributed by atoms with Gasteiger partial charge in [0.15, 0.2) is 0 Å². The minimum Gasteiger partial charge on any atom is -0.329 e. The summed E-state index contributed by atoms with van der Waals surface area (Å²) >= 11 is 3.08. The van der Waals surface area contributed by atoms with Crippen molar-refractivity contribution < 1.29 is 4.79 Å². The van der Waals surface area contributed by atoms with E-state index in [-0.39, 0.29) is 18.1 Å². The van der Waals surface area contributed by atoms with Gasteiger partial charge in [-0.1, -0.05) is 6.92 Å². The zero-order chi connectivity index (χ0) is 13.7. The van der Waals surface area contributed by atoms with Crippen molar-refractivity contribution in [2.75, 3.05) is 0 Å². The highest BCUT2D eigenvalue weighted by atomic mass is 32.1. The van der Waals surface area contributed by atoms with Gasteiger partial charge in [0.1, 0.15) is 10.0 Å². The second kappa shape index (κ2) is 6.63. The molecule has 0 unspecified atom stereocenters. The fourth-order valence-electron chi connectivity index (χ4n) is 1.65. The van der Waals surface area contributed by atoms with Crippen LogP contribution in [0.2, 0.25) is 0 Å². The second-order valence-corrected chi connectivity index (χ2v) is 5.89. The minimum absolute atomic E-state index is 0.0384. The first-order chi connectivity index (χ1) is 9.20. The fourth-order valence-corrected chi connectivity index (χ4v) is 3.07. The van der Waals surface area contributed by atoms with Crippen LogP contribution in [0.25, 0.3) is 0 Å². The Balaban J connectivity index is 1.90. The third kappa shape index (κ3) is 3.74. The predicted molar refractivity (Wildman–Crippen MR) is 77.3 cm³/mol. The van der Waals surface area contributed by atoms with Crippen molar-refractivity contribution >= 4 is 28.7 Å². The summed E-state index contributed by atoms with van der Waals surface area (Å²) in [6.07, 6.45) is 4.30. The van der Waals surface area contributed by atoms with Gasteiger partial charge < -0.3 is 10.6 Å². The molecule has 0 radical (unpaired) electrons. The number of thiazole rings is 2. The van der Waals surface area contributed by atoms with E-state index in [1.54, 1.807) is 23.7 Å². The standard InChI is InChI=1S/C12H16N4OS2/c1-3-9(11-14-5-7-19-11)16-12(17)15-8(2)10-13-4-6-18-10/h4-9H,3H2,1-2H3,(H2,15,16,17)/t8-,9-/m1/s1. The molecule has 0 saturated carbocycles. The van der Waals surface area contributed by atoms with Gasteiger partial charge in [-0.15, -0.1) is 22.7 Å². The third-order valence-corrected chi connectivity index (χ3v) is 4.48. The average molecular weight is 296 g/mol. The van der Waals surface area contributed by atoms with E-state index in [2.05, 4.69) is 20.6 Å². The van der Waals surface area contributed by atoms with Crippen LogP contribution in [0, 0.1) is 0 Å². The molecule has 2 aromatic rings. The molecular weight excluding hydrogens is 280 g/mol. The van der Waals surface area contributed by atoms with E-state index in [4.69, 9.17) is 0 Å². The van der Waals surface area contributed by atoms with Gasteiger partial charge in [-0.3, -0.25) is 0 Å². The Kier molecular flexibility index (Phi) is 4.86. The molecule has 0 spiro atoms. The lowest BCUT2D eigenvalue weighted by Crippen LogP contribution is -2.39. The molecule has 0 saturated heterocycles. The molecular formula is C12H16N4OS2. The summed E-state index contributed by atoms with van der Waals surface area (Å²) in [7, 11) is 0. The Morgan fingerprint density at radius 3 is 2.37 bits per heavy atom. The van der Waals surface area contributed by atoms with Crippen LogP contribution < -0.4 is 10.6 Å². The van der Waals surface area contributed by atoms with Gasteiger partial charge in [-0.05, 0) is 13.3 Å². The number of hydrogen-bond donors (Lipinski definition) is 2. The van der Waals surface area contributed by atoms with E-state index < -0.39 is 0 Å². The van der Waals surface area contributed by atoms with Crippen LogP contribution in [0.4, 0.5) is 4.79 Å². The molecule has 0 aliphatic heterocycles. The highest BCUT2D eigenvalue weighted by Crippen LogP contribution is 2.19. The van der Waals surface area contributed by atoms with Gasteiger partial charge in [0.2, 0.25) is 0 Å². The summed E-state index contributed by atoms with van der Waals surface area (Å²) in [6.45, 7) is 3.94. The van der Waals surface area contributed by atoms with Crippen molar-refractivity contribution in [3.05, 3.63) is 33.2 Å². The molecule has 0 aromatic carbocycles. The number of carbonyl (C=O) groups excluding carboxylic acids is 1. The maximum absolute atomic E-state index is 11.9. The number of nitrogens with zero attached hydrogens (tertiary/aromatic N) is 2. The highest BCUT2D eigenvalue weighted by molar-refractivity contribution is 7.09. The SMILES string of the molecule is CC[C@@H](NC(=O)N[C@H](C)c1nccs1)c1nccs1. The summed E-state index contributed by atoms with van der Waals surface area (Å²) in [4.78, 5) is 20.4. The van der Waals surface area contributed by atoms with E-state index in [1.807, 2.05) is 24.6 Å². The lowest BCUT2D eigenvalue weighted by Gasteiger charge is -2.17. The topological polar surface area (TPSA) is 66.9 Å². The maximum Gasteiger partial charge on any atom is 0.315 e. The van der Waals surface area contributed by atoms with Crippen LogP contribution in [0.1, 0.15) is 42.4 Å². The van der Waals surface area contributed by atoms with Crippen molar-refractivity contribution in [1.29, 1.82) is 0 Å². The Hall–Kier alpha value is -1.47. The zero-order valence-corrected chi connectivity index (χ0v) is 12.4. The van der Waals surface area contributed by atoms with Crippen molar-refractivity contribution in [2.24, 2.45) is 0 Å². The monoisotopic (exact) mass is 296 g/mol. The first kappa shape index (κ1) is 14.0. The molecule has 0 bridgehead atoms. The number of rotatable bonds is 5. The van der Waals surface area contributed by atoms with E-state index in [9.17, 15) is 4.79 Å². The molecule has 2 N–H and O–H groups in total. The molecule has 102 valence electrons. The molecule has 2 heterocycles. The van der Waals surface area contributed by atoms with Crippen LogP contribution >= 0.6 is 22.7 Å². The molecule has 7 heteroatoms. The molecule has 2 amide bonds. The smallest absolute Gasteiger partial charge is 0.315 e. The first-order valence-corrected chi connectivity index (χ1v) is 7.82. The van der Waals surface area contributed by atoms with Crippen molar-refractivity contribution in [1.82, 2.24) is 20.6 Å². The lowest BCUT2D eigenvalue weighted by atomic mass is 10.2. The molecule has 19 heavy (non-hydrogen) atoms. The summed E-state index contributed by atoms with van der Waals surface area (Å²) < 4.78 is 0. The van der Waals surface area contributed by atoms with Crippen molar-refractivity contribution in [2.45, 2.75) is 32.4 Å². The number of urea groups is 1. The van der Waals surface area contributed by atoms with Crippen LogP contribution in [0.15, 0.2) is 23.2 Å². The van der Waals surface area contributed by atoms with E-state index >= 15 is 0 Å². The number of amides is 2. The minimum atomic E-state index is -0.190. The highest BCUT2D eigenvalue weighted by Gasteiger charge is 2.17. The molecule has 2 rings (SSSR count). The second-order valence-electron chi connectivity index (χ2n) is 4.04. The predicted octanol–water partition coefficient (Wildman–Crippen LogP) is 3.11. The van der Waals surface area contributed by atoms with Gasteiger partial charge >= 0.3 is 6.03 Å². The Bertz CT molecular complexity index is 498. The summed E-state index contributed by atoms with van der Waals surface area (Å²) in [6, 6.07) is -0.318. The molecule has 0 aliphatic carbocycles. The van der Waals surface area contributed by atoms with Crippen LogP contribution in [-0.4, -0.2) is 16.0 Å². The number of carbonyl (C=O) groups is 1. The normalized spacial score (nSPS) is 13.8. The number of hydrogen-bond acceptors (Lipinski definition) is 5. The summed E-state index contributed by atoms with van der Waals surface area (Å²) in [5.74, 6) is 0. The molecule has 2 aromatic heterocycles. The van der Waals surface area contributed by atoms with E-state index in [1.165, 1.54) is 11.3 Å². The number of aromatic nitrogens is 2. The maximum atomic E-state index is 11.9. The van der Waals surface area contributed by atoms with Gasteiger partial charge in [0, 0.05) is 23.2 Å². The molecule has 0 fully saturated rings. The van der Waals surface area contributed by atoms with Crippen LogP contribution in [0.5, 0.6) is 0 Å². The zero-order valence-electron chi connectivity index (χ0n) is 10.8. The molecule has 0 aliphatic rings. The van der Waals surface area contributed by atoms with Crippen molar-refractivity contribution in [3.8, 4) is 0 Å². The van der Waals surface area contributed by atoms with Gasteiger partial charge in [-0.2, -0.15) is 0 Å². The third-order valence-electron chi connectivity index (χ3n) is 2.63. The van der Waals surface area contributed by atoms with Gasteiger partial charge in [-0.25, -0.2) is 14.8 Å². The Morgan fingerprint density at radius 1 is 1.21 bits per heavy atom. The lowest BCUT2D eigenvalue weighted by molar-refractivity contribution is 0.233. The van der Waals surface area contributed by atoms with Gasteiger partial charge in [0.25, 0.3) is 0 Å². The largest absolute Gasteiger partial charge is 0.329 e. The van der Waals surface area contributed by atoms with Gasteiger partial charge in [0.05, 0.1) is 12.1 Å². The van der Waals surface area contributed by atoms with Crippen LogP contribution in [-0.2, 0) is 0 Å². The first-order valence-electron chi connectivity index (χ1n) is 6.06. The fraction of sp³-hybridized carbons (Fsp3) is 0.417.